The molecule has 1 aliphatic heterocycles. The molecule has 0 aliphatic carbocycles. The van der Waals surface area contributed by atoms with Crippen LogP contribution < -0.4 is 9.47 Å². The van der Waals surface area contributed by atoms with Crippen molar-refractivity contribution < 1.29 is 19.2 Å². The van der Waals surface area contributed by atoms with Crippen molar-refractivity contribution in [3.05, 3.63) is 52.2 Å². The van der Waals surface area contributed by atoms with E-state index in [0.29, 0.717) is 17.9 Å². The van der Waals surface area contributed by atoms with Crippen LogP contribution in [0.1, 0.15) is 24.8 Å². The van der Waals surface area contributed by atoms with E-state index in [9.17, 15) is 14.9 Å². The van der Waals surface area contributed by atoms with Gasteiger partial charge in [0.25, 0.3) is 5.88 Å². The molecule has 1 aromatic carbocycles. The predicted octanol–water partition coefficient (Wildman–Crippen LogP) is 3.19. The van der Waals surface area contributed by atoms with Crippen LogP contribution in [0.25, 0.3) is 0 Å². The number of hydrogen-bond donors (Lipinski definition) is 0. The quantitative estimate of drug-likeness (QED) is 0.374. The van der Waals surface area contributed by atoms with Crippen LogP contribution in [0.3, 0.4) is 0 Å². The summed E-state index contributed by atoms with van der Waals surface area (Å²) in [5.74, 6) is 0.389. The number of carbonyl (C=O) groups is 1. The fraction of sp³-hybridized carbons (Fsp3) is 0.200. The zero-order chi connectivity index (χ0) is 15.7. The van der Waals surface area contributed by atoms with Gasteiger partial charge >= 0.3 is 11.7 Å². The van der Waals surface area contributed by atoms with Gasteiger partial charge in [-0.25, -0.2) is 4.98 Å². The molecule has 0 amide bonds. The molecule has 0 bridgehead atoms. The van der Waals surface area contributed by atoms with Gasteiger partial charge < -0.3 is 9.47 Å². The van der Waals surface area contributed by atoms with Crippen LogP contribution in [-0.2, 0) is 4.79 Å². The second-order valence-electron chi connectivity index (χ2n) is 4.97. The van der Waals surface area contributed by atoms with E-state index in [-0.39, 0.29) is 23.5 Å². The molecule has 1 unspecified atom stereocenters. The SMILES string of the molecule is CC1CC(=O)Oc2cc(Oc3ncccc3[N+](=O)[O-])ccc21. The van der Waals surface area contributed by atoms with E-state index >= 15 is 0 Å². The summed E-state index contributed by atoms with van der Waals surface area (Å²) >= 11 is 0. The molecule has 0 radical (unpaired) electrons. The van der Waals surface area contributed by atoms with Crippen molar-refractivity contribution >= 4 is 11.7 Å². The summed E-state index contributed by atoms with van der Waals surface area (Å²) in [6.45, 7) is 1.93. The Morgan fingerprint density at radius 2 is 2.23 bits per heavy atom. The van der Waals surface area contributed by atoms with Gasteiger partial charge in [-0.2, -0.15) is 0 Å². The maximum Gasteiger partial charge on any atom is 0.331 e. The number of hydrogen-bond acceptors (Lipinski definition) is 6. The fourth-order valence-electron chi connectivity index (χ4n) is 2.31. The number of fused-ring (bicyclic) bond motifs is 1. The smallest absolute Gasteiger partial charge is 0.331 e. The number of nitro groups is 1. The molecule has 0 saturated heterocycles. The first kappa shape index (κ1) is 14.0. The van der Waals surface area contributed by atoms with Crippen LogP contribution in [-0.4, -0.2) is 15.9 Å². The van der Waals surface area contributed by atoms with Crippen molar-refractivity contribution in [2.24, 2.45) is 0 Å². The van der Waals surface area contributed by atoms with Crippen molar-refractivity contribution in [3.8, 4) is 17.4 Å². The molecule has 0 N–H and O–H groups in total. The van der Waals surface area contributed by atoms with Crippen molar-refractivity contribution in [1.29, 1.82) is 0 Å². The first-order chi connectivity index (χ1) is 10.5. The van der Waals surface area contributed by atoms with Crippen molar-refractivity contribution in [2.45, 2.75) is 19.3 Å². The van der Waals surface area contributed by atoms with E-state index in [4.69, 9.17) is 9.47 Å². The highest BCUT2D eigenvalue weighted by atomic mass is 16.6. The number of benzene rings is 1. The lowest BCUT2D eigenvalue weighted by atomic mass is 9.95. The molecule has 7 heteroatoms. The number of esters is 1. The number of nitrogens with zero attached hydrogens (tertiary/aromatic N) is 2. The van der Waals surface area contributed by atoms with Crippen molar-refractivity contribution in [2.75, 3.05) is 0 Å². The summed E-state index contributed by atoms with van der Waals surface area (Å²) in [5, 5.41) is 10.9. The Labute approximate surface area is 125 Å². The Morgan fingerprint density at radius 3 is 3.00 bits per heavy atom. The molecule has 2 aromatic rings. The largest absolute Gasteiger partial charge is 0.434 e. The van der Waals surface area contributed by atoms with Gasteiger partial charge in [-0.05, 0) is 23.6 Å². The molecule has 112 valence electrons. The van der Waals surface area contributed by atoms with Gasteiger partial charge in [0.05, 0.1) is 11.3 Å². The van der Waals surface area contributed by atoms with E-state index in [1.165, 1.54) is 18.3 Å². The molecule has 0 saturated carbocycles. The average Bonchev–Trinajstić information content (AvgIpc) is 2.47. The van der Waals surface area contributed by atoms with E-state index < -0.39 is 4.92 Å². The minimum atomic E-state index is -0.567. The maximum atomic E-state index is 11.5. The third-order valence-corrected chi connectivity index (χ3v) is 3.37. The lowest BCUT2D eigenvalue weighted by Crippen LogP contribution is -2.18. The van der Waals surface area contributed by atoms with Crippen molar-refractivity contribution in [1.82, 2.24) is 4.98 Å². The minimum absolute atomic E-state index is 0.0643. The number of pyridine rings is 1. The Hall–Kier alpha value is -2.96. The molecule has 7 nitrogen and oxygen atoms in total. The fourth-order valence-corrected chi connectivity index (χ4v) is 2.31. The topological polar surface area (TPSA) is 91.6 Å². The summed E-state index contributed by atoms with van der Waals surface area (Å²) in [5.41, 5.74) is 0.674. The monoisotopic (exact) mass is 300 g/mol. The number of aromatic nitrogens is 1. The summed E-state index contributed by atoms with van der Waals surface area (Å²) < 4.78 is 10.6. The molecular weight excluding hydrogens is 288 g/mol. The van der Waals surface area contributed by atoms with E-state index in [1.54, 1.807) is 18.2 Å². The van der Waals surface area contributed by atoms with Crippen LogP contribution in [0, 0.1) is 10.1 Å². The Balaban J connectivity index is 1.93. The third-order valence-electron chi connectivity index (χ3n) is 3.37. The summed E-state index contributed by atoms with van der Waals surface area (Å²) in [6.07, 6.45) is 1.74. The molecule has 3 rings (SSSR count). The van der Waals surface area contributed by atoms with E-state index in [0.717, 1.165) is 5.56 Å². The highest BCUT2D eigenvalue weighted by molar-refractivity contribution is 5.76. The lowest BCUT2D eigenvalue weighted by Gasteiger charge is -2.21. The Bertz CT molecular complexity index is 759. The second-order valence-corrected chi connectivity index (χ2v) is 4.97. The minimum Gasteiger partial charge on any atom is -0.434 e. The Kier molecular flexibility index (Phi) is 3.46. The van der Waals surface area contributed by atoms with Crippen LogP contribution in [0.2, 0.25) is 0 Å². The summed E-state index contributed by atoms with van der Waals surface area (Å²) in [4.78, 5) is 25.7. The molecule has 1 aromatic heterocycles. The van der Waals surface area contributed by atoms with E-state index in [1.807, 2.05) is 6.92 Å². The lowest BCUT2D eigenvalue weighted by molar-refractivity contribution is -0.386. The van der Waals surface area contributed by atoms with Crippen molar-refractivity contribution in [3.63, 3.8) is 0 Å². The zero-order valence-corrected chi connectivity index (χ0v) is 11.7. The van der Waals surface area contributed by atoms with Crippen LogP contribution in [0.5, 0.6) is 17.4 Å². The molecule has 1 aliphatic rings. The molecule has 0 spiro atoms. The molecule has 22 heavy (non-hydrogen) atoms. The first-order valence-electron chi connectivity index (χ1n) is 6.66. The Morgan fingerprint density at radius 1 is 1.41 bits per heavy atom. The van der Waals surface area contributed by atoms with Gasteiger partial charge in [0, 0.05) is 18.3 Å². The maximum absolute atomic E-state index is 11.5. The highest BCUT2D eigenvalue weighted by Gasteiger charge is 2.25. The molecule has 0 fully saturated rings. The van der Waals surface area contributed by atoms with Crippen LogP contribution >= 0.6 is 0 Å². The predicted molar refractivity (Wildman–Crippen MR) is 76.1 cm³/mol. The normalized spacial score (nSPS) is 16.6. The van der Waals surface area contributed by atoms with Crippen LogP contribution in [0.15, 0.2) is 36.5 Å². The third kappa shape index (κ3) is 2.60. The first-order valence-corrected chi connectivity index (χ1v) is 6.66. The van der Waals surface area contributed by atoms with Gasteiger partial charge in [-0.15, -0.1) is 0 Å². The average molecular weight is 300 g/mol. The molecule has 1 atom stereocenters. The number of ether oxygens (including phenoxy) is 2. The van der Waals surface area contributed by atoms with Gasteiger partial charge in [-0.1, -0.05) is 13.0 Å². The number of rotatable bonds is 3. The van der Waals surface area contributed by atoms with Gasteiger partial charge in [0.15, 0.2) is 0 Å². The zero-order valence-electron chi connectivity index (χ0n) is 11.7. The summed E-state index contributed by atoms with van der Waals surface area (Å²) in [7, 11) is 0. The second kappa shape index (κ2) is 5.44. The summed E-state index contributed by atoms with van der Waals surface area (Å²) in [6, 6.07) is 7.77. The van der Waals surface area contributed by atoms with Gasteiger partial charge in [-0.3, -0.25) is 14.9 Å². The van der Waals surface area contributed by atoms with Gasteiger partial charge in [0.2, 0.25) is 0 Å². The molecule has 2 heterocycles. The number of carbonyl (C=O) groups excluding carboxylic acids is 1. The van der Waals surface area contributed by atoms with Gasteiger partial charge in [0.1, 0.15) is 11.5 Å². The van der Waals surface area contributed by atoms with Crippen LogP contribution in [0.4, 0.5) is 5.69 Å². The molecular formula is C15H12N2O5. The standard InChI is InChI=1S/C15H12N2O5/c1-9-7-14(18)22-13-8-10(4-5-11(9)13)21-15-12(17(19)20)3-2-6-16-15/h2-6,8-9H,7H2,1H3. The van der Waals surface area contributed by atoms with E-state index in [2.05, 4.69) is 4.98 Å². The highest BCUT2D eigenvalue weighted by Crippen LogP contribution is 2.38.